The van der Waals surface area contributed by atoms with E-state index in [0.717, 1.165) is 11.1 Å². The van der Waals surface area contributed by atoms with Gasteiger partial charge in [-0.1, -0.05) is 60.7 Å². The Kier molecular flexibility index (Phi) is 7.20. The lowest BCUT2D eigenvalue weighted by molar-refractivity contribution is -0.251. The number of hydrogen-bond acceptors (Lipinski definition) is 5. The van der Waals surface area contributed by atoms with Crippen LogP contribution in [0.3, 0.4) is 0 Å². The highest BCUT2D eigenvalue weighted by Gasteiger charge is 2.46. The van der Waals surface area contributed by atoms with Crippen LogP contribution in [0.25, 0.3) is 0 Å². The molecule has 2 aromatic rings. The van der Waals surface area contributed by atoms with E-state index in [-0.39, 0.29) is 24.3 Å². The minimum absolute atomic E-state index is 0.189. The van der Waals surface area contributed by atoms with Crippen LogP contribution in [-0.4, -0.2) is 36.5 Å². The zero-order valence-electron chi connectivity index (χ0n) is 16.6. The summed E-state index contributed by atoms with van der Waals surface area (Å²) < 4.78 is 24.0. The van der Waals surface area contributed by atoms with Gasteiger partial charge in [-0.05, 0) is 25.0 Å². The number of rotatable bonds is 7. The molecule has 0 saturated carbocycles. The Morgan fingerprint density at radius 1 is 0.786 bits per heavy atom. The average molecular weight is 384 g/mol. The molecule has 1 aliphatic heterocycles. The first kappa shape index (κ1) is 20.5. The fourth-order valence-electron chi connectivity index (χ4n) is 3.52. The van der Waals surface area contributed by atoms with E-state index in [0.29, 0.717) is 13.2 Å². The van der Waals surface area contributed by atoms with Gasteiger partial charge in [0.2, 0.25) is 0 Å². The first-order valence-electron chi connectivity index (χ1n) is 9.68. The maximum atomic E-state index is 11.7. The maximum Gasteiger partial charge on any atom is 0.303 e. The molecule has 0 amide bonds. The fraction of sp³-hybridized carbons (Fsp3) is 0.435. The van der Waals surface area contributed by atoms with E-state index in [1.165, 1.54) is 6.92 Å². The quantitative estimate of drug-likeness (QED) is 0.678. The molecular formula is C23H28O5. The summed E-state index contributed by atoms with van der Waals surface area (Å²) in [5, 5.41) is 0. The van der Waals surface area contributed by atoms with E-state index < -0.39 is 12.2 Å². The molecule has 0 N–H and O–H groups in total. The SMILES string of the molecule is CC(=O)OC1[C@H](C)OC(C)[C@H](OCc2ccccc2)[C@@H]1OCc1ccccc1. The highest BCUT2D eigenvalue weighted by atomic mass is 16.6. The van der Waals surface area contributed by atoms with Crippen molar-refractivity contribution in [1.82, 2.24) is 0 Å². The zero-order chi connectivity index (χ0) is 19.9. The molecule has 5 heteroatoms. The van der Waals surface area contributed by atoms with E-state index in [9.17, 15) is 4.79 Å². The molecule has 1 saturated heterocycles. The summed E-state index contributed by atoms with van der Waals surface area (Å²) in [7, 11) is 0. The summed E-state index contributed by atoms with van der Waals surface area (Å²) in [6, 6.07) is 19.9. The summed E-state index contributed by atoms with van der Waals surface area (Å²) in [6.45, 7) is 6.11. The lowest BCUT2D eigenvalue weighted by atomic mass is 9.95. The molecule has 3 rings (SSSR count). The Hall–Kier alpha value is -2.21. The van der Waals surface area contributed by atoms with Gasteiger partial charge in [0.25, 0.3) is 0 Å². The average Bonchev–Trinajstić information content (AvgIpc) is 2.69. The highest BCUT2D eigenvalue weighted by molar-refractivity contribution is 5.66. The molecule has 2 aromatic carbocycles. The standard InChI is InChI=1S/C23H28O5/c1-16-21(25-14-19-10-6-4-7-11-19)23(22(17(2)27-16)28-18(3)24)26-15-20-12-8-5-9-13-20/h4-13,16-17,21-23H,14-15H2,1-3H3/t16?,17-,21-,22?,23-/m0/s1. The van der Waals surface area contributed by atoms with Gasteiger partial charge in [0.05, 0.1) is 25.4 Å². The van der Waals surface area contributed by atoms with Crippen LogP contribution in [-0.2, 0) is 37.0 Å². The number of carbonyl (C=O) groups is 1. The van der Waals surface area contributed by atoms with E-state index in [2.05, 4.69) is 0 Å². The number of hydrogen-bond donors (Lipinski definition) is 0. The molecule has 1 aliphatic rings. The van der Waals surface area contributed by atoms with Crippen molar-refractivity contribution in [3.8, 4) is 0 Å². The molecule has 0 aromatic heterocycles. The van der Waals surface area contributed by atoms with Crippen molar-refractivity contribution in [2.45, 2.75) is 64.5 Å². The monoisotopic (exact) mass is 384 g/mol. The van der Waals surface area contributed by atoms with Gasteiger partial charge in [-0.3, -0.25) is 4.79 Å². The molecule has 0 radical (unpaired) electrons. The molecule has 1 heterocycles. The van der Waals surface area contributed by atoms with Gasteiger partial charge in [-0.2, -0.15) is 0 Å². The smallest absolute Gasteiger partial charge is 0.303 e. The molecule has 2 unspecified atom stereocenters. The Bertz CT molecular complexity index is 733. The normalized spacial score (nSPS) is 27.3. The summed E-state index contributed by atoms with van der Waals surface area (Å²) in [4.78, 5) is 11.7. The summed E-state index contributed by atoms with van der Waals surface area (Å²) in [5.41, 5.74) is 2.12. The van der Waals surface area contributed by atoms with Crippen molar-refractivity contribution < 1.29 is 23.7 Å². The number of carbonyl (C=O) groups excluding carboxylic acids is 1. The topological polar surface area (TPSA) is 54.0 Å². The Morgan fingerprint density at radius 2 is 1.25 bits per heavy atom. The van der Waals surface area contributed by atoms with Gasteiger partial charge in [0.1, 0.15) is 12.2 Å². The minimum Gasteiger partial charge on any atom is -0.457 e. The molecule has 0 aliphatic carbocycles. The first-order chi connectivity index (χ1) is 13.5. The maximum absolute atomic E-state index is 11.7. The van der Waals surface area contributed by atoms with Crippen LogP contribution < -0.4 is 0 Å². The van der Waals surface area contributed by atoms with E-state index in [1.807, 2.05) is 74.5 Å². The molecular weight excluding hydrogens is 356 g/mol. The van der Waals surface area contributed by atoms with Crippen LogP contribution >= 0.6 is 0 Å². The van der Waals surface area contributed by atoms with Crippen molar-refractivity contribution in [2.75, 3.05) is 0 Å². The van der Waals surface area contributed by atoms with Gasteiger partial charge < -0.3 is 18.9 Å². The van der Waals surface area contributed by atoms with Gasteiger partial charge in [0, 0.05) is 6.92 Å². The van der Waals surface area contributed by atoms with Crippen LogP contribution in [0, 0.1) is 0 Å². The summed E-state index contributed by atoms with van der Waals surface area (Å²) in [6.07, 6.45) is -1.78. The van der Waals surface area contributed by atoms with E-state index >= 15 is 0 Å². The highest BCUT2D eigenvalue weighted by Crippen LogP contribution is 2.29. The van der Waals surface area contributed by atoms with Gasteiger partial charge >= 0.3 is 5.97 Å². The fourth-order valence-corrected chi connectivity index (χ4v) is 3.52. The Balaban J connectivity index is 1.76. The molecule has 1 fully saturated rings. The van der Waals surface area contributed by atoms with Crippen LogP contribution in [0.5, 0.6) is 0 Å². The van der Waals surface area contributed by atoms with Crippen LogP contribution in [0.1, 0.15) is 31.9 Å². The third kappa shape index (κ3) is 5.41. The number of esters is 1. The molecule has 5 atom stereocenters. The van der Waals surface area contributed by atoms with Crippen LogP contribution in [0.4, 0.5) is 0 Å². The van der Waals surface area contributed by atoms with Crippen molar-refractivity contribution in [1.29, 1.82) is 0 Å². The van der Waals surface area contributed by atoms with E-state index in [4.69, 9.17) is 18.9 Å². The van der Waals surface area contributed by atoms with Crippen molar-refractivity contribution in [3.05, 3.63) is 71.8 Å². The molecule has 150 valence electrons. The predicted molar refractivity (Wildman–Crippen MR) is 106 cm³/mol. The molecule has 5 nitrogen and oxygen atoms in total. The largest absolute Gasteiger partial charge is 0.457 e. The number of benzene rings is 2. The molecule has 0 bridgehead atoms. The first-order valence-corrected chi connectivity index (χ1v) is 9.68. The lowest BCUT2D eigenvalue weighted by Gasteiger charge is -2.44. The molecule has 0 spiro atoms. The second kappa shape index (κ2) is 9.82. The second-order valence-electron chi connectivity index (χ2n) is 7.14. The molecule has 28 heavy (non-hydrogen) atoms. The lowest BCUT2D eigenvalue weighted by Crippen LogP contribution is -2.58. The third-order valence-corrected chi connectivity index (χ3v) is 4.87. The third-order valence-electron chi connectivity index (χ3n) is 4.87. The van der Waals surface area contributed by atoms with Crippen LogP contribution in [0.15, 0.2) is 60.7 Å². The summed E-state index contributed by atoms with van der Waals surface area (Å²) >= 11 is 0. The minimum atomic E-state index is -0.529. The van der Waals surface area contributed by atoms with Gasteiger partial charge in [-0.25, -0.2) is 0 Å². The second-order valence-corrected chi connectivity index (χ2v) is 7.14. The Morgan fingerprint density at radius 3 is 1.75 bits per heavy atom. The van der Waals surface area contributed by atoms with Crippen molar-refractivity contribution in [3.63, 3.8) is 0 Å². The van der Waals surface area contributed by atoms with Gasteiger partial charge in [0.15, 0.2) is 6.10 Å². The zero-order valence-corrected chi connectivity index (χ0v) is 16.6. The Labute approximate surface area is 166 Å². The van der Waals surface area contributed by atoms with Crippen molar-refractivity contribution >= 4 is 5.97 Å². The predicted octanol–water partition coefficient (Wildman–Crippen LogP) is 3.90. The van der Waals surface area contributed by atoms with E-state index in [1.54, 1.807) is 0 Å². The van der Waals surface area contributed by atoms with Gasteiger partial charge in [-0.15, -0.1) is 0 Å². The number of ether oxygens (including phenoxy) is 4. The summed E-state index contributed by atoms with van der Waals surface area (Å²) in [5.74, 6) is -0.356. The van der Waals surface area contributed by atoms with Crippen molar-refractivity contribution in [2.24, 2.45) is 0 Å². The van der Waals surface area contributed by atoms with Crippen LogP contribution in [0.2, 0.25) is 0 Å².